The highest BCUT2D eigenvalue weighted by Crippen LogP contribution is 2.24. The lowest BCUT2D eigenvalue weighted by atomic mass is 10.3. The molecule has 0 atom stereocenters. The molecule has 0 amide bonds. The molecule has 0 saturated heterocycles. The van der Waals surface area contributed by atoms with Crippen LogP contribution in [0.4, 0.5) is 5.82 Å². The monoisotopic (exact) mass is 214 g/mol. The van der Waals surface area contributed by atoms with Crippen LogP contribution >= 0.6 is 0 Å². The Morgan fingerprint density at radius 2 is 2.25 bits per heavy atom. The highest BCUT2D eigenvalue weighted by Gasteiger charge is 2.11. The Morgan fingerprint density at radius 3 is 3.00 bits per heavy atom. The maximum atomic E-state index is 5.73. The van der Waals surface area contributed by atoms with E-state index >= 15 is 0 Å². The van der Waals surface area contributed by atoms with E-state index in [1.807, 2.05) is 29.7 Å². The summed E-state index contributed by atoms with van der Waals surface area (Å²) in [5, 5.41) is 0. The summed E-state index contributed by atoms with van der Waals surface area (Å²) in [6, 6.07) is 3.76. The van der Waals surface area contributed by atoms with Gasteiger partial charge in [-0.15, -0.1) is 0 Å². The molecule has 3 rings (SSSR count). The molecule has 3 aromatic rings. The van der Waals surface area contributed by atoms with E-state index in [4.69, 9.17) is 10.2 Å². The molecule has 0 radical (unpaired) electrons. The minimum absolute atomic E-state index is 0.439. The van der Waals surface area contributed by atoms with Crippen molar-refractivity contribution < 1.29 is 4.42 Å². The lowest BCUT2D eigenvalue weighted by Crippen LogP contribution is -1.97. The molecule has 2 N–H and O–H groups in total. The summed E-state index contributed by atoms with van der Waals surface area (Å²) in [5.74, 6) is 1.96. The van der Waals surface area contributed by atoms with Gasteiger partial charge in [0.1, 0.15) is 11.6 Å². The van der Waals surface area contributed by atoms with E-state index in [1.54, 1.807) is 12.4 Å². The third-order valence-electron chi connectivity index (χ3n) is 2.37. The molecule has 0 aromatic carbocycles. The maximum Gasteiger partial charge on any atom is 0.166 e. The van der Waals surface area contributed by atoms with E-state index in [2.05, 4.69) is 9.97 Å². The second kappa shape index (κ2) is 3.10. The second-order valence-corrected chi connectivity index (χ2v) is 3.58. The van der Waals surface area contributed by atoms with Gasteiger partial charge in [-0.05, 0) is 19.1 Å². The Hall–Kier alpha value is -2.30. The number of hydrogen-bond acceptors (Lipinski definition) is 4. The minimum atomic E-state index is 0.439. The minimum Gasteiger partial charge on any atom is -0.460 e. The molecule has 0 aliphatic heterocycles. The summed E-state index contributed by atoms with van der Waals surface area (Å²) in [6.45, 7) is 1.89. The van der Waals surface area contributed by atoms with Crippen LogP contribution in [-0.4, -0.2) is 14.4 Å². The van der Waals surface area contributed by atoms with Crippen molar-refractivity contribution in [2.75, 3.05) is 5.73 Å². The Balaban J connectivity index is 2.33. The van der Waals surface area contributed by atoms with Crippen LogP contribution in [0.25, 0.3) is 17.1 Å². The molecule has 0 spiro atoms. The summed E-state index contributed by atoms with van der Waals surface area (Å²) in [6.07, 6.45) is 5.25. The first-order valence-corrected chi connectivity index (χ1v) is 4.90. The fraction of sp³-hybridized carbons (Fsp3) is 0.0909. The van der Waals surface area contributed by atoms with Crippen LogP contribution in [-0.2, 0) is 0 Å². The van der Waals surface area contributed by atoms with Crippen molar-refractivity contribution in [3.8, 4) is 11.5 Å². The van der Waals surface area contributed by atoms with Crippen molar-refractivity contribution in [2.24, 2.45) is 0 Å². The fourth-order valence-electron chi connectivity index (χ4n) is 1.68. The molecule has 0 saturated carbocycles. The van der Waals surface area contributed by atoms with Gasteiger partial charge in [-0.3, -0.25) is 0 Å². The molecule has 16 heavy (non-hydrogen) atoms. The van der Waals surface area contributed by atoms with Crippen molar-refractivity contribution >= 4 is 11.5 Å². The van der Waals surface area contributed by atoms with Gasteiger partial charge in [0.15, 0.2) is 17.1 Å². The van der Waals surface area contributed by atoms with E-state index in [-0.39, 0.29) is 0 Å². The molecule has 3 heterocycles. The van der Waals surface area contributed by atoms with Gasteiger partial charge in [0.05, 0.1) is 6.20 Å². The Morgan fingerprint density at radius 1 is 1.38 bits per heavy atom. The Bertz CT molecular complexity index is 653. The zero-order valence-electron chi connectivity index (χ0n) is 8.71. The third kappa shape index (κ3) is 1.25. The zero-order chi connectivity index (χ0) is 11.1. The van der Waals surface area contributed by atoms with Gasteiger partial charge < -0.3 is 14.6 Å². The SMILES string of the molecule is Cc1ccc(-c2nc(N)cn3ccnc23)o1. The van der Waals surface area contributed by atoms with Crippen LogP contribution in [0.3, 0.4) is 0 Å². The number of hydrogen-bond donors (Lipinski definition) is 1. The van der Waals surface area contributed by atoms with Gasteiger partial charge in [-0.25, -0.2) is 9.97 Å². The van der Waals surface area contributed by atoms with Gasteiger partial charge in [-0.2, -0.15) is 0 Å². The van der Waals surface area contributed by atoms with Crippen LogP contribution < -0.4 is 5.73 Å². The molecule has 0 fully saturated rings. The second-order valence-electron chi connectivity index (χ2n) is 3.58. The topological polar surface area (TPSA) is 69.3 Å². The van der Waals surface area contributed by atoms with Crippen LogP contribution in [0, 0.1) is 6.92 Å². The van der Waals surface area contributed by atoms with Gasteiger partial charge >= 0.3 is 0 Å². The highest BCUT2D eigenvalue weighted by molar-refractivity contribution is 5.71. The van der Waals surface area contributed by atoms with Crippen molar-refractivity contribution in [3.05, 3.63) is 36.5 Å². The standard InChI is InChI=1S/C11H10N4O/c1-7-2-3-8(16-7)10-11-13-4-5-15(11)6-9(12)14-10/h2-6H,12H2,1H3. The summed E-state index contributed by atoms with van der Waals surface area (Å²) >= 11 is 0. The molecule has 3 aromatic heterocycles. The fourth-order valence-corrected chi connectivity index (χ4v) is 1.68. The number of imidazole rings is 1. The van der Waals surface area contributed by atoms with Crippen molar-refractivity contribution in [2.45, 2.75) is 6.92 Å². The predicted octanol–water partition coefficient (Wildman–Crippen LogP) is 1.88. The number of furan rings is 1. The number of aromatic nitrogens is 3. The summed E-state index contributed by atoms with van der Waals surface area (Å²) in [7, 11) is 0. The van der Waals surface area contributed by atoms with Gasteiger partial charge in [0.25, 0.3) is 0 Å². The third-order valence-corrected chi connectivity index (χ3v) is 2.37. The first-order chi connectivity index (χ1) is 7.74. The number of aryl methyl sites for hydroxylation is 1. The van der Waals surface area contributed by atoms with Gasteiger partial charge in [-0.1, -0.05) is 0 Å². The Kier molecular flexibility index (Phi) is 1.73. The summed E-state index contributed by atoms with van der Waals surface area (Å²) < 4.78 is 7.36. The molecular weight excluding hydrogens is 204 g/mol. The first kappa shape index (κ1) is 8.96. The molecule has 0 unspecified atom stereocenters. The normalized spacial score (nSPS) is 11.1. The van der Waals surface area contributed by atoms with Crippen LogP contribution in [0.5, 0.6) is 0 Å². The molecule has 80 valence electrons. The molecule has 5 nitrogen and oxygen atoms in total. The number of nitrogens with zero attached hydrogens (tertiary/aromatic N) is 3. The van der Waals surface area contributed by atoms with E-state index in [9.17, 15) is 0 Å². The molecule has 0 aliphatic carbocycles. The van der Waals surface area contributed by atoms with Crippen molar-refractivity contribution in [1.82, 2.24) is 14.4 Å². The zero-order valence-corrected chi connectivity index (χ0v) is 8.71. The van der Waals surface area contributed by atoms with Crippen LogP contribution in [0.1, 0.15) is 5.76 Å². The number of nitrogens with two attached hydrogens (primary N) is 1. The van der Waals surface area contributed by atoms with Crippen molar-refractivity contribution in [1.29, 1.82) is 0 Å². The largest absolute Gasteiger partial charge is 0.460 e. The quantitative estimate of drug-likeness (QED) is 0.671. The van der Waals surface area contributed by atoms with E-state index in [0.717, 1.165) is 11.4 Å². The summed E-state index contributed by atoms with van der Waals surface area (Å²) in [5.41, 5.74) is 7.13. The lowest BCUT2D eigenvalue weighted by Gasteiger charge is -2.01. The molecular formula is C11H10N4O. The number of anilines is 1. The van der Waals surface area contributed by atoms with Gasteiger partial charge in [0, 0.05) is 12.4 Å². The predicted molar refractivity (Wildman–Crippen MR) is 59.8 cm³/mol. The molecule has 0 bridgehead atoms. The van der Waals surface area contributed by atoms with E-state index in [0.29, 0.717) is 17.3 Å². The van der Waals surface area contributed by atoms with Crippen LogP contribution in [0.2, 0.25) is 0 Å². The van der Waals surface area contributed by atoms with Crippen LogP contribution in [0.15, 0.2) is 35.1 Å². The number of rotatable bonds is 1. The highest BCUT2D eigenvalue weighted by atomic mass is 16.3. The smallest absolute Gasteiger partial charge is 0.166 e. The number of fused-ring (bicyclic) bond motifs is 1. The van der Waals surface area contributed by atoms with Crippen molar-refractivity contribution in [3.63, 3.8) is 0 Å². The van der Waals surface area contributed by atoms with Gasteiger partial charge in [0.2, 0.25) is 0 Å². The average Bonchev–Trinajstić information content (AvgIpc) is 2.84. The summed E-state index contributed by atoms with van der Waals surface area (Å²) in [4.78, 5) is 8.49. The average molecular weight is 214 g/mol. The lowest BCUT2D eigenvalue weighted by molar-refractivity contribution is 0.546. The molecule has 0 aliphatic rings. The maximum absolute atomic E-state index is 5.73. The molecule has 5 heteroatoms. The Labute approximate surface area is 91.5 Å². The number of nitrogen functional groups attached to an aromatic ring is 1. The first-order valence-electron chi connectivity index (χ1n) is 4.90. The van der Waals surface area contributed by atoms with E-state index in [1.165, 1.54) is 0 Å². The van der Waals surface area contributed by atoms with E-state index < -0.39 is 0 Å².